The Morgan fingerprint density at radius 2 is 1.80 bits per heavy atom. The monoisotopic (exact) mass is 298 g/mol. The van der Waals surface area contributed by atoms with Crippen LogP contribution in [0.5, 0.6) is 0 Å². The zero-order chi connectivity index (χ0) is 15.5. The number of ketones is 1. The molecule has 2 atom stereocenters. The smallest absolute Gasteiger partial charge is 0.330 e. The van der Waals surface area contributed by atoms with Gasteiger partial charge in [0.2, 0.25) is 5.91 Å². The predicted molar refractivity (Wildman–Crippen MR) is 75.6 cm³/mol. The van der Waals surface area contributed by atoms with E-state index in [1.54, 1.807) is 25.9 Å². The van der Waals surface area contributed by atoms with Crippen molar-refractivity contribution < 1.29 is 14.4 Å². The first kappa shape index (κ1) is 14.7. The molecular weight excluding hydrogens is 280 g/mol. The van der Waals surface area contributed by atoms with Crippen LogP contribution in [0, 0.1) is 0 Å². The number of carbonyl (C=O) groups excluding carboxylic acids is 3. The lowest BCUT2D eigenvalue weighted by Gasteiger charge is -2.41. The molecule has 2 heterocycles. The second-order valence-corrected chi connectivity index (χ2v) is 5.92. The van der Waals surface area contributed by atoms with E-state index in [9.17, 15) is 14.4 Å². The lowest BCUT2D eigenvalue weighted by atomic mass is 9.96. The van der Waals surface area contributed by atoms with E-state index in [0.29, 0.717) is 5.11 Å². The van der Waals surface area contributed by atoms with Gasteiger partial charge in [-0.05, 0) is 33.0 Å². The maximum Gasteiger partial charge on any atom is 0.330 e. The number of nitrogens with zero attached hydrogens (tertiary/aromatic N) is 3. The molecule has 0 radical (unpaired) electrons. The van der Waals surface area contributed by atoms with Gasteiger partial charge in [-0.1, -0.05) is 0 Å². The van der Waals surface area contributed by atoms with Crippen molar-refractivity contribution >= 4 is 35.1 Å². The topological polar surface area (TPSA) is 73.0 Å². The van der Waals surface area contributed by atoms with Crippen LogP contribution in [0.4, 0.5) is 4.79 Å². The second-order valence-electron chi connectivity index (χ2n) is 5.53. The van der Waals surface area contributed by atoms with Gasteiger partial charge < -0.3 is 15.1 Å². The predicted octanol–water partition coefficient (Wildman–Crippen LogP) is 0.112. The summed E-state index contributed by atoms with van der Waals surface area (Å²) in [6, 6.07) is -0.442. The molecule has 0 aromatic rings. The van der Waals surface area contributed by atoms with E-state index in [1.165, 1.54) is 11.8 Å². The van der Waals surface area contributed by atoms with Gasteiger partial charge >= 0.3 is 6.03 Å². The van der Waals surface area contributed by atoms with E-state index < -0.39 is 23.3 Å². The van der Waals surface area contributed by atoms with E-state index >= 15 is 0 Å². The summed E-state index contributed by atoms with van der Waals surface area (Å²) < 4.78 is 0. The van der Waals surface area contributed by atoms with Crippen molar-refractivity contribution in [1.29, 1.82) is 0 Å². The van der Waals surface area contributed by atoms with Crippen molar-refractivity contribution in [1.82, 2.24) is 20.0 Å². The Morgan fingerprint density at radius 1 is 1.25 bits per heavy atom. The number of hydrogen-bond acceptors (Lipinski definition) is 4. The largest absolute Gasteiger partial charge is 0.336 e. The molecule has 2 fully saturated rings. The molecule has 20 heavy (non-hydrogen) atoms. The van der Waals surface area contributed by atoms with Gasteiger partial charge in [0.05, 0.1) is 6.42 Å². The van der Waals surface area contributed by atoms with Gasteiger partial charge in [-0.2, -0.15) is 0 Å². The zero-order valence-electron chi connectivity index (χ0n) is 12.2. The fourth-order valence-electron chi connectivity index (χ4n) is 2.93. The van der Waals surface area contributed by atoms with E-state index in [-0.39, 0.29) is 12.2 Å². The molecule has 1 N–H and O–H groups in total. The SMILES string of the molecule is CC(=O)CC(=O)N1C(=O)N(C)[C@]2(C)N(C)C(=S)N[C@]12C. The number of amides is 3. The molecule has 7 nitrogen and oxygen atoms in total. The van der Waals surface area contributed by atoms with Crippen molar-refractivity contribution in [3.05, 3.63) is 0 Å². The minimum absolute atomic E-state index is 0.281. The third-order valence-electron chi connectivity index (χ3n) is 4.46. The highest BCUT2D eigenvalue weighted by molar-refractivity contribution is 7.80. The number of urea groups is 1. The van der Waals surface area contributed by atoms with Gasteiger partial charge in [-0.15, -0.1) is 0 Å². The molecule has 2 rings (SSSR count). The summed E-state index contributed by atoms with van der Waals surface area (Å²) in [4.78, 5) is 40.2. The Morgan fingerprint density at radius 3 is 2.30 bits per heavy atom. The molecule has 0 spiro atoms. The first-order valence-electron chi connectivity index (χ1n) is 6.23. The highest BCUT2D eigenvalue weighted by Crippen LogP contribution is 2.44. The average molecular weight is 298 g/mol. The second kappa shape index (κ2) is 4.15. The Hall–Kier alpha value is -1.70. The van der Waals surface area contributed by atoms with E-state index in [0.717, 1.165) is 4.90 Å². The molecule has 0 saturated carbocycles. The standard InChI is InChI=1S/C12H18N4O3S/c1-7(17)6-8(18)16-10(19)15(5)12(3)11(16,2)13-9(20)14(12)4/h6H2,1-5H3,(H,13,20)/t11-,12+/m1/s1. The summed E-state index contributed by atoms with van der Waals surface area (Å²) in [5, 5.41) is 3.49. The molecular formula is C12H18N4O3S. The van der Waals surface area contributed by atoms with E-state index in [1.807, 2.05) is 6.92 Å². The molecule has 8 heteroatoms. The van der Waals surface area contributed by atoms with Gasteiger partial charge in [0, 0.05) is 14.1 Å². The first-order chi connectivity index (χ1) is 9.07. The molecule has 0 aliphatic carbocycles. The van der Waals surface area contributed by atoms with Gasteiger partial charge in [-0.3, -0.25) is 9.59 Å². The Labute approximate surface area is 122 Å². The molecule has 2 saturated heterocycles. The molecule has 0 unspecified atom stereocenters. The summed E-state index contributed by atoms with van der Waals surface area (Å²) >= 11 is 5.23. The molecule has 0 aromatic carbocycles. The number of hydrogen-bond donors (Lipinski definition) is 1. The van der Waals surface area contributed by atoms with Gasteiger partial charge in [0.1, 0.15) is 5.78 Å². The summed E-state index contributed by atoms with van der Waals surface area (Å²) in [6.07, 6.45) is -0.302. The average Bonchev–Trinajstić information content (AvgIpc) is 2.58. The van der Waals surface area contributed by atoms with Gasteiger partial charge in [-0.25, -0.2) is 9.69 Å². The Kier molecular flexibility index (Phi) is 3.05. The maximum atomic E-state index is 12.4. The third kappa shape index (κ3) is 1.51. The van der Waals surface area contributed by atoms with Crippen LogP contribution in [-0.4, -0.2) is 63.0 Å². The van der Waals surface area contributed by atoms with Crippen molar-refractivity contribution in [2.45, 2.75) is 38.5 Å². The minimum Gasteiger partial charge on any atom is -0.336 e. The number of imide groups is 1. The quantitative estimate of drug-likeness (QED) is 0.576. The highest BCUT2D eigenvalue weighted by atomic mass is 32.1. The summed E-state index contributed by atoms with van der Waals surface area (Å²) in [5.41, 5.74) is -1.80. The number of thiocarbonyl (C=S) groups is 1. The van der Waals surface area contributed by atoms with Crippen molar-refractivity contribution in [3.8, 4) is 0 Å². The minimum atomic E-state index is -1.00. The number of rotatable bonds is 2. The summed E-state index contributed by atoms with van der Waals surface area (Å²) in [6.45, 7) is 4.89. The van der Waals surface area contributed by atoms with E-state index in [2.05, 4.69) is 5.32 Å². The zero-order valence-corrected chi connectivity index (χ0v) is 13.0. The third-order valence-corrected chi connectivity index (χ3v) is 4.83. The number of likely N-dealkylation sites (N-methyl/N-ethyl adjacent to an activating group) is 2. The molecule has 3 amide bonds. The summed E-state index contributed by atoms with van der Waals surface area (Å²) in [5.74, 6) is -0.803. The maximum absolute atomic E-state index is 12.4. The lowest BCUT2D eigenvalue weighted by molar-refractivity contribution is -0.136. The van der Waals surface area contributed by atoms with Crippen molar-refractivity contribution in [2.75, 3.05) is 14.1 Å². The molecule has 0 bridgehead atoms. The molecule has 2 aliphatic heterocycles. The van der Waals surface area contributed by atoms with Crippen LogP contribution in [0.1, 0.15) is 27.2 Å². The first-order valence-corrected chi connectivity index (χ1v) is 6.64. The van der Waals surface area contributed by atoms with Crippen LogP contribution in [0.2, 0.25) is 0 Å². The van der Waals surface area contributed by atoms with Crippen molar-refractivity contribution in [3.63, 3.8) is 0 Å². The van der Waals surface area contributed by atoms with Crippen LogP contribution in [0.15, 0.2) is 0 Å². The molecule has 0 aromatic heterocycles. The summed E-state index contributed by atoms with van der Waals surface area (Å²) in [7, 11) is 3.39. The normalized spacial score (nSPS) is 32.5. The van der Waals surface area contributed by atoms with Gasteiger partial charge in [0.25, 0.3) is 0 Å². The fraction of sp³-hybridized carbons (Fsp3) is 0.667. The Bertz CT molecular complexity index is 537. The van der Waals surface area contributed by atoms with Crippen LogP contribution in [0.3, 0.4) is 0 Å². The lowest BCUT2D eigenvalue weighted by Crippen LogP contribution is -2.64. The molecule has 110 valence electrons. The fourth-order valence-corrected chi connectivity index (χ4v) is 3.31. The van der Waals surface area contributed by atoms with Crippen LogP contribution >= 0.6 is 12.2 Å². The van der Waals surface area contributed by atoms with Crippen molar-refractivity contribution in [2.24, 2.45) is 0 Å². The van der Waals surface area contributed by atoms with Crippen LogP contribution in [-0.2, 0) is 9.59 Å². The number of fused-ring (bicyclic) bond motifs is 1. The number of Topliss-reactive ketones (excluding diaryl/α,β-unsaturated/α-hetero) is 1. The van der Waals surface area contributed by atoms with E-state index in [4.69, 9.17) is 12.2 Å². The number of nitrogens with one attached hydrogen (secondary N) is 1. The number of carbonyl (C=O) groups is 3. The highest BCUT2D eigenvalue weighted by Gasteiger charge is 2.69. The molecule has 2 aliphatic rings. The van der Waals surface area contributed by atoms with Gasteiger partial charge in [0.15, 0.2) is 16.4 Å². The van der Waals surface area contributed by atoms with Crippen LogP contribution in [0.25, 0.3) is 0 Å². The Balaban J connectivity index is 2.50. The van der Waals surface area contributed by atoms with Crippen LogP contribution < -0.4 is 5.32 Å².